The Hall–Kier alpha value is -1.82. The molecule has 2 rings (SSSR count). The van der Waals surface area contributed by atoms with Crippen molar-refractivity contribution in [3.63, 3.8) is 0 Å². The van der Waals surface area contributed by atoms with Crippen LogP contribution in [-0.4, -0.2) is 49.3 Å². The van der Waals surface area contributed by atoms with Gasteiger partial charge < -0.3 is 20.3 Å². The van der Waals surface area contributed by atoms with Gasteiger partial charge in [0, 0.05) is 31.9 Å². The van der Waals surface area contributed by atoms with E-state index in [9.17, 15) is 0 Å². The number of hydrogen-bond donors (Lipinski definition) is 2. The van der Waals surface area contributed by atoms with E-state index in [1.54, 1.807) is 0 Å². The van der Waals surface area contributed by atoms with E-state index in [0.29, 0.717) is 18.5 Å². The lowest BCUT2D eigenvalue weighted by atomic mass is 10.1. The normalized spacial score (nSPS) is 19.8. The molecule has 0 bridgehead atoms. The van der Waals surface area contributed by atoms with E-state index in [4.69, 9.17) is 9.73 Å². The Balaban J connectivity index is 2.03. The fourth-order valence-electron chi connectivity index (χ4n) is 2.63. The Kier molecular flexibility index (Phi) is 7.50. The van der Waals surface area contributed by atoms with Crippen LogP contribution in [0.4, 0.5) is 5.82 Å². The van der Waals surface area contributed by atoms with E-state index in [-0.39, 0.29) is 6.10 Å². The zero-order valence-electron chi connectivity index (χ0n) is 16.2. The average molecular weight is 348 g/mol. The van der Waals surface area contributed by atoms with Crippen molar-refractivity contribution in [2.75, 3.05) is 31.1 Å². The summed E-state index contributed by atoms with van der Waals surface area (Å²) in [6.45, 7) is 14.8. The van der Waals surface area contributed by atoms with Crippen molar-refractivity contribution >= 4 is 11.8 Å². The van der Waals surface area contributed by atoms with Crippen LogP contribution in [0.25, 0.3) is 0 Å². The third-order valence-electron chi connectivity index (χ3n) is 4.50. The molecule has 1 aromatic rings. The summed E-state index contributed by atoms with van der Waals surface area (Å²) in [5.41, 5.74) is 1.17. The molecule has 140 valence electrons. The van der Waals surface area contributed by atoms with Crippen LogP contribution in [-0.2, 0) is 11.3 Å². The van der Waals surface area contributed by atoms with Gasteiger partial charge in [0.05, 0.1) is 19.3 Å². The summed E-state index contributed by atoms with van der Waals surface area (Å²) in [6, 6.07) is 4.55. The van der Waals surface area contributed by atoms with E-state index in [1.807, 2.05) is 12.3 Å². The quantitative estimate of drug-likeness (QED) is 0.611. The standard InChI is InChI=1S/C19H33N5O/c1-6-20-19(23-16(5)14(2)3)22-12-17-7-8-21-18(11-17)24-9-10-25-15(4)13-24/h7-8,11,14-16H,6,9-10,12-13H2,1-5H3,(H2,20,22,23). The zero-order valence-corrected chi connectivity index (χ0v) is 16.2. The van der Waals surface area contributed by atoms with Crippen LogP contribution in [0.1, 0.15) is 40.2 Å². The lowest BCUT2D eigenvalue weighted by Crippen LogP contribution is -2.44. The minimum Gasteiger partial charge on any atom is -0.375 e. The van der Waals surface area contributed by atoms with Gasteiger partial charge >= 0.3 is 0 Å². The van der Waals surface area contributed by atoms with Crippen molar-refractivity contribution in [1.82, 2.24) is 15.6 Å². The van der Waals surface area contributed by atoms with Gasteiger partial charge in [0.25, 0.3) is 0 Å². The minimum atomic E-state index is 0.249. The van der Waals surface area contributed by atoms with Crippen LogP contribution in [0.15, 0.2) is 23.3 Å². The SMILES string of the molecule is CCNC(=NCc1ccnc(N2CCOC(C)C2)c1)NC(C)C(C)C. The number of guanidine groups is 1. The maximum absolute atomic E-state index is 5.61. The lowest BCUT2D eigenvalue weighted by Gasteiger charge is -2.32. The molecule has 0 aromatic carbocycles. The van der Waals surface area contributed by atoms with Gasteiger partial charge in [0.2, 0.25) is 0 Å². The van der Waals surface area contributed by atoms with Crippen molar-refractivity contribution < 1.29 is 4.74 Å². The number of nitrogens with one attached hydrogen (secondary N) is 2. The Morgan fingerprint density at radius 3 is 2.92 bits per heavy atom. The first kappa shape index (κ1) is 19.5. The fourth-order valence-corrected chi connectivity index (χ4v) is 2.63. The van der Waals surface area contributed by atoms with Gasteiger partial charge in [0.15, 0.2) is 5.96 Å². The monoisotopic (exact) mass is 347 g/mol. The molecular weight excluding hydrogens is 314 g/mol. The summed E-state index contributed by atoms with van der Waals surface area (Å²) in [7, 11) is 0. The highest BCUT2D eigenvalue weighted by Gasteiger charge is 2.18. The Bertz CT molecular complexity index is 561. The van der Waals surface area contributed by atoms with E-state index < -0.39 is 0 Å². The van der Waals surface area contributed by atoms with E-state index >= 15 is 0 Å². The molecule has 6 heteroatoms. The molecule has 2 atom stereocenters. The third-order valence-corrected chi connectivity index (χ3v) is 4.50. The Morgan fingerprint density at radius 2 is 2.24 bits per heavy atom. The Morgan fingerprint density at radius 1 is 1.44 bits per heavy atom. The summed E-state index contributed by atoms with van der Waals surface area (Å²) in [6.07, 6.45) is 2.12. The van der Waals surface area contributed by atoms with Crippen molar-refractivity contribution in [3.8, 4) is 0 Å². The van der Waals surface area contributed by atoms with Crippen LogP contribution in [0.2, 0.25) is 0 Å². The van der Waals surface area contributed by atoms with Gasteiger partial charge in [0.1, 0.15) is 5.82 Å². The van der Waals surface area contributed by atoms with Crippen molar-refractivity contribution in [3.05, 3.63) is 23.9 Å². The van der Waals surface area contributed by atoms with E-state index in [1.165, 1.54) is 5.56 Å². The summed E-state index contributed by atoms with van der Waals surface area (Å²) >= 11 is 0. The molecule has 0 aliphatic carbocycles. The second kappa shape index (κ2) is 9.61. The van der Waals surface area contributed by atoms with Crippen LogP contribution < -0.4 is 15.5 Å². The van der Waals surface area contributed by atoms with E-state index in [2.05, 4.69) is 61.2 Å². The smallest absolute Gasteiger partial charge is 0.191 e. The van der Waals surface area contributed by atoms with E-state index in [0.717, 1.165) is 38.0 Å². The second-order valence-corrected chi connectivity index (χ2v) is 7.02. The number of ether oxygens (including phenoxy) is 1. The molecule has 6 nitrogen and oxygen atoms in total. The van der Waals surface area contributed by atoms with Crippen LogP contribution in [0, 0.1) is 5.92 Å². The summed E-state index contributed by atoms with van der Waals surface area (Å²) in [4.78, 5) is 11.5. The maximum Gasteiger partial charge on any atom is 0.191 e. The molecular formula is C19H33N5O. The number of anilines is 1. The summed E-state index contributed by atoms with van der Waals surface area (Å²) < 4.78 is 5.61. The fraction of sp³-hybridized carbons (Fsp3) is 0.684. The number of nitrogens with zero attached hydrogens (tertiary/aromatic N) is 3. The molecule has 0 saturated carbocycles. The van der Waals surface area contributed by atoms with Crippen LogP contribution in [0.3, 0.4) is 0 Å². The number of morpholine rings is 1. The minimum absolute atomic E-state index is 0.249. The number of aromatic nitrogens is 1. The molecule has 2 unspecified atom stereocenters. The molecule has 1 aromatic heterocycles. The molecule has 1 aliphatic heterocycles. The van der Waals surface area contributed by atoms with Gasteiger partial charge in [-0.15, -0.1) is 0 Å². The van der Waals surface area contributed by atoms with Gasteiger partial charge in [-0.3, -0.25) is 0 Å². The molecule has 1 fully saturated rings. The molecule has 1 aliphatic rings. The molecule has 25 heavy (non-hydrogen) atoms. The summed E-state index contributed by atoms with van der Waals surface area (Å²) in [5, 5.41) is 6.79. The molecule has 0 spiro atoms. The Labute approximate surface area is 152 Å². The van der Waals surface area contributed by atoms with Crippen molar-refractivity contribution in [1.29, 1.82) is 0 Å². The lowest BCUT2D eigenvalue weighted by molar-refractivity contribution is 0.0529. The predicted octanol–water partition coefficient (Wildman–Crippen LogP) is 2.41. The summed E-state index contributed by atoms with van der Waals surface area (Å²) in [5.74, 6) is 2.43. The van der Waals surface area contributed by atoms with Crippen LogP contribution >= 0.6 is 0 Å². The highest BCUT2D eigenvalue weighted by molar-refractivity contribution is 5.80. The number of pyridine rings is 1. The first-order chi connectivity index (χ1) is 12.0. The molecule has 1 saturated heterocycles. The third kappa shape index (κ3) is 6.20. The second-order valence-electron chi connectivity index (χ2n) is 7.02. The number of aliphatic imine (C=N–C) groups is 1. The maximum atomic E-state index is 5.61. The zero-order chi connectivity index (χ0) is 18.2. The van der Waals surface area contributed by atoms with Crippen LogP contribution in [0.5, 0.6) is 0 Å². The molecule has 2 heterocycles. The molecule has 0 radical (unpaired) electrons. The number of hydrogen-bond acceptors (Lipinski definition) is 4. The highest BCUT2D eigenvalue weighted by atomic mass is 16.5. The topological polar surface area (TPSA) is 61.8 Å². The highest BCUT2D eigenvalue weighted by Crippen LogP contribution is 2.17. The largest absolute Gasteiger partial charge is 0.375 e. The van der Waals surface area contributed by atoms with Crippen molar-refractivity contribution in [2.45, 2.75) is 53.3 Å². The number of rotatable bonds is 6. The van der Waals surface area contributed by atoms with Gasteiger partial charge in [-0.05, 0) is 44.4 Å². The van der Waals surface area contributed by atoms with Gasteiger partial charge in [-0.25, -0.2) is 9.98 Å². The van der Waals surface area contributed by atoms with Crippen molar-refractivity contribution in [2.24, 2.45) is 10.9 Å². The first-order valence-corrected chi connectivity index (χ1v) is 9.36. The molecule has 0 amide bonds. The molecule has 2 N–H and O–H groups in total. The van der Waals surface area contributed by atoms with Gasteiger partial charge in [-0.1, -0.05) is 13.8 Å². The first-order valence-electron chi connectivity index (χ1n) is 9.36. The average Bonchev–Trinajstić information content (AvgIpc) is 2.60. The predicted molar refractivity (Wildman–Crippen MR) is 104 cm³/mol. The van der Waals surface area contributed by atoms with Gasteiger partial charge in [-0.2, -0.15) is 0 Å².